The molecule has 0 radical (unpaired) electrons. The first-order valence-corrected chi connectivity index (χ1v) is 14.9. The number of carbonyl (C=O) groups is 1. The highest BCUT2D eigenvalue weighted by Crippen LogP contribution is 2.45. The van der Waals surface area contributed by atoms with Crippen molar-refractivity contribution >= 4 is 25.0 Å². The molecule has 1 aliphatic heterocycles. The lowest BCUT2D eigenvalue weighted by molar-refractivity contribution is -0.114. The van der Waals surface area contributed by atoms with Crippen LogP contribution in [-0.4, -0.2) is 41.6 Å². The Kier molecular flexibility index (Phi) is 6.74. The van der Waals surface area contributed by atoms with Gasteiger partial charge >= 0.3 is 0 Å². The lowest BCUT2D eigenvalue weighted by Crippen LogP contribution is -2.66. The molecular formula is C29H37N3O3Si. The fourth-order valence-corrected chi connectivity index (χ4v) is 10.6. The third-order valence-corrected chi connectivity index (χ3v) is 13.3. The Balaban J connectivity index is 1.39. The summed E-state index contributed by atoms with van der Waals surface area (Å²) in [4.78, 5) is 11.5. The molecule has 0 amide bonds. The summed E-state index contributed by atoms with van der Waals surface area (Å²) in [6.07, 6.45) is 5.01. The number of nitrogens with zero attached hydrogens (tertiary/aromatic N) is 3. The number of epoxide rings is 1. The number of hydrogen-bond donors (Lipinski definition) is 0. The molecule has 1 saturated heterocycles. The third-order valence-electron chi connectivity index (χ3n) is 8.29. The first-order chi connectivity index (χ1) is 17.3. The highest BCUT2D eigenvalue weighted by atomic mass is 28.4. The molecule has 36 heavy (non-hydrogen) atoms. The van der Waals surface area contributed by atoms with Gasteiger partial charge in [-0.15, -0.1) is 10.2 Å². The van der Waals surface area contributed by atoms with Crippen LogP contribution in [0.15, 0.2) is 60.7 Å². The van der Waals surface area contributed by atoms with E-state index >= 15 is 0 Å². The number of ether oxygens (including phenoxy) is 1. The van der Waals surface area contributed by atoms with Gasteiger partial charge in [0.15, 0.2) is 12.1 Å². The molecule has 1 unspecified atom stereocenters. The number of carbonyl (C=O) groups excluding carboxylic acids is 1. The Bertz CT molecular complexity index is 1140. The van der Waals surface area contributed by atoms with E-state index in [1.807, 2.05) is 0 Å². The number of hydrogen-bond acceptors (Lipinski definition) is 5. The average Bonchev–Trinajstić information content (AvgIpc) is 3.62. The van der Waals surface area contributed by atoms with Crippen molar-refractivity contribution in [2.45, 2.75) is 69.6 Å². The Morgan fingerprint density at radius 2 is 1.56 bits per heavy atom. The molecule has 2 aliphatic rings. The van der Waals surface area contributed by atoms with Crippen LogP contribution < -0.4 is 10.4 Å². The van der Waals surface area contributed by atoms with Crippen molar-refractivity contribution in [3.05, 3.63) is 72.3 Å². The molecule has 0 spiro atoms. The minimum atomic E-state index is -2.64. The van der Waals surface area contributed by atoms with E-state index in [0.29, 0.717) is 25.0 Å². The van der Waals surface area contributed by atoms with Crippen LogP contribution in [0.2, 0.25) is 5.04 Å². The first-order valence-electron chi connectivity index (χ1n) is 13.0. The standard InChI is InChI=1S/C29H37N3O3Si/c1-28(2,3)36(24-11-7-5-8-12-24,25-13-9-6-10-14-25)35-19-26-30-31-27(32(26)4)22-15-17-23(18-16-22)29(20-33)21-34-29/h5-14,20,22-23H,15-19,21H2,1-4H3/t22-,23-,29?. The Morgan fingerprint density at radius 3 is 2.03 bits per heavy atom. The summed E-state index contributed by atoms with van der Waals surface area (Å²) >= 11 is 0. The fourth-order valence-electron chi connectivity index (χ4n) is 6.11. The van der Waals surface area contributed by atoms with Crippen molar-refractivity contribution in [2.24, 2.45) is 13.0 Å². The molecular weight excluding hydrogens is 466 g/mol. The van der Waals surface area contributed by atoms with Gasteiger partial charge in [0.25, 0.3) is 8.32 Å². The van der Waals surface area contributed by atoms with E-state index in [-0.39, 0.29) is 5.04 Å². The van der Waals surface area contributed by atoms with Crippen molar-refractivity contribution in [3.8, 4) is 0 Å². The second-order valence-corrected chi connectivity index (χ2v) is 15.7. The van der Waals surface area contributed by atoms with Gasteiger partial charge < -0.3 is 18.5 Å². The van der Waals surface area contributed by atoms with Gasteiger partial charge in [0.05, 0.1) is 13.2 Å². The molecule has 2 aromatic carbocycles. The third kappa shape index (κ3) is 4.38. The zero-order valence-electron chi connectivity index (χ0n) is 21.8. The number of aldehydes is 1. The van der Waals surface area contributed by atoms with Crippen LogP contribution in [-0.2, 0) is 27.6 Å². The number of rotatable bonds is 8. The maximum Gasteiger partial charge on any atom is 0.261 e. The van der Waals surface area contributed by atoms with Gasteiger partial charge in [-0.3, -0.25) is 0 Å². The molecule has 1 aromatic heterocycles. The summed E-state index contributed by atoms with van der Waals surface area (Å²) in [5.41, 5.74) is -0.500. The van der Waals surface area contributed by atoms with Crippen molar-refractivity contribution in [3.63, 3.8) is 0 Å². The lowest BCUT2D eigenvalue weighted by atomic mass is 9.76. The molecule has 2 fully saturated rings. The smallest absolute Gasteiger partial charge is 0.261 e. The molecule has 1 saturated carbocycles. The van der Waals surface area contributed by atoms with E-state index in [4.69, 9.17) is 9.16 Å². The van der Waals surface area contributed by atoms with Crippen LogP contribution >= 0.6 is 0 Å². The topological polar surface area (TPSA) is 69.5 Å². The van der Waals surface area contributed by atoms with Crippen LogP contribution in [0.3, 0.4) is 0 Å². The molecule has 5 rings (SSSR count). The predicted octanol–water partition coefficient (Wildman–Crippen LogP) is 4.13. The van der Waals surface area contributed by atoms with Crippen LogP contribution in [0, 0.1) is 5.92 Å². The minimum Gasteiger partial charge on any atom is -0.400 e. The molecule has 1 aliphatic carbocycles. The summed E-state index contributed by atoms with van der Waals surface area (Å²) in [6, 6.07) is 21.4. The monoisotopic (exact) mass is 503 g/mol. The first kappa shape index (κ1) is 25.1. The molecule has 190 valence electrons. The van der Waals surface area contributed by atoms with Gasteiger partial charge in [0, 0.05) is 13.0 Å². The quantitative estimate of drug-likeness (QED) is 0.263. The Labute approximate surface area is 215 Å². The van der Waals surface area contributed by atoms with Gasteiger partial charge in [0.2, 0.25) is 0 Å². The van der Waals surface area contributed by atoms with Gasteiger partial charge in [-0.05, 0) is 47.0 Å². The van der Waals surface area contributed by atoms with E-state index in [2.05, 4.69) is 103 Å². The summed E-state index contributed by atoms with van der Waals surface area (Å²) in [6.45, 7) is 7.86. The van der Waals surface area contributed by atoms with Crippen LogP contribution in [0.1, 0.15) is 64.0 Å². The SMILES string of the molecule is Cn1c(CO[Si](c2ccccc2)(c2ccccc2)C(C)(C)C)nnc1[C@H]1CC[C@H](C2(C=O)CO2)CC1. The van der Waals surface area contributed by atoms with Crippen molar-refractivity contribution in [1.29, 1.82) is 0 Å². The molecule has 3 aromatic rings. The summed E-state index contributed by atoms with van der Waals surface area (Å²) in [5.74, 6) is 2.56. The van der Waals surface area contributed by atoms with Gasteiger partial charge in [0.1, 0.15) is 11.4 Å². The summed E-state index contributed by atoms with van der Waals surface area (Å²) in [7, 11) is -0.583. The van der Waals surface area contributed by atoms with Crippen LogP contribution in [0.5, 0.6) is 0 Å². The van der Waals surface area contributed by atoms with Crippen molar-refractivity contribution < 1.29 is 14.0 Å². The van der Waals surface area contributed by atoms with Gasteiger partial charge in [-0.25, -0.2) is 0 Å². The average molecular weight is 504 g/mol. The van der Waals surface area contributed by atoms with Gasteiger partial charge in [-0.2, -0.15) is 0 Å². The molecule has 1 atom stereocenters. The Morgan fingerprint density at radius 1 is 1.00 bits per heavy atom. The van der Waals surface area contributed by atoms with E-state index in [0.717, 1.165) is 43.6 Å². The molecule has 0 N–H and O–H groups in total. The largest absolute Gasteiger partial charge is 0.400 e. The zero-order valence-corrected chi connectivity index (χ0v) is 22.8. The molecule has 7 heteroatoms. The van der Waals surface area contributed by atoms with E-state index in [9.17, 15) is 4.79 Å². The normalized spacial score (nSPS) is 24.4. The fraction of sp³-hybridized carbons (Fsp3) is 0.483. The Hall–Kier alpha value is -2.61. The minimum absolute atomic E-state index is 0.0884. The zero-order chi connectivity index (χ0) is 25.4. The van der Waals surface area contributed by atoms with E-state index < -0.39 is 13.9 Å². The lowest BCUT2D eigenvalue weighted by Gasteiger charge is -2.42. The van der Waals surface area contributed by atoms with Crippen LogP contribution in [0.25, 0.3) is 0 Å². The molecule has 0 bridgehead atoms. The number of benzene rings is 2. The highest BCUT2D eigenvalue weighted by Gasteiger charge is 2.53. The predicted molar refractivity (Wildman–Crippen MR) is 143 cm³/mol. The molecule has 6 nitrogen and oxygen atoms in total. The van der Waals surface area contributed by atoms with E-state index in [1.165, 1.54) is 10.4 Å². The van der Waals surface area contributed by atoms with Crippen molar-refractivity contribution in [2.75, 3.05) is 6.61 Å². The maximum atomic E-state index is 11.5. The number of aromatic nitrogens is 3. The maximum absolute atomic E-state index is 11.5. The van der Waals surface area contributed by atoms with Crippen LogP contribution in [0.4, 0.5) is 0 Å². The second-order valence-electron chi connectivity index (χ2n) is 11.4. The van der Waals surface area contributed by atoms with E-state index in [1.54, 1.807) is 0 Å². The van der Waals surface area contributed by atoms with Crippen molar-refractivity contribution in [1.82, 2.24) is 14.8 Å². The summed E-state index contributed by atoms with van der Waals surface area (Å²) < 4.78 is 14.7. The van der Waals surface area contributed by atoms with Gasteiger partial charge in [-0.1, -0.05) is 81.4 Å². The highest BCUT2D eigenvalue weighted by molar-refractivity contribution is 6.99. The summed E-state index contributed by atoms with van der Waals surface area (Å²) in [5, 5.41) is 11.6. The second kappa shape index (κ2) is 9.69. The molecule has 2 heterocycles.